The number of hydrogen-bond donors (Lipinski definition) is 0. The first-order valence-corrected chi connectivity index (χ1v) is 23.1. The standard InChI is InChI=1S/C23H29.C21H12Cl2.C5H5.2ClH.Zr/c1-14-9-16-11-17-10-15(2)21(23(6,7)8)13-19(17)18(16)12-20(14)22(3,4)5;22-18-10-14-5-1-3-7-20(14)16(12-18)9-17-13-19(23)11-15-6-2-4-8-21(15)17;1-2-4-5-3-1;;;/h9,12-13H,11H2,1-8H3;1-8,10-13H;1-5H;2*1H;/q;;;;;+2/p-2. The first-order valence-electron chi connectivity index (χ1n) is 18.5. The van der Waals surface area contributed by atoms with Gasteiger partial charge in [0.25, 0.3) is 0 Å². The minimum absolute atomic E-state index is 0. The predicted octanol–water partition coefficient (Wildman–Crippen LogP) is 7.52. The summed E-state index contributed by atoms with van der Waals surface area (Å²) in [6.07, 6.45) is 10.5. The van der Waals surface area contributed by atoms with Crippen LogP contribution >= 0.6 is 23.2 Å². The van der Waals surface area contributed by atoms with Gasteiger partial charge in [-0.3, -0.25) is 0 Å². The number of aryl methyl sites for hydroxylation is 1. The molecule has 0 saturated heterocycles. The van der Waals surface area contributed by atoms with Crippen LogP contribution in [-0.4, -0.2) is 3.21 Å². The van der Waals surface area contributed by atoms with Crippen LogP contribution in [-0.2, 0) is 38.5 Å². The summed E-state index contributed by atoms with van der Waals surface area (Å²) in [5.41, 5.74) is 14.1. The number of hydrogen-bond acceptors (Lipinski definition) is 0. The van der Waals surface area contributed by atoms with Crippen LogP contribution in [0.5, 0.6) is 0 Å². The van der Waals surface area contributed by atoms with Crippen LogP contribution < -0.4 is 28.1 Å². The Kier molecular flexibility index (Phi) is 11.6. The number of allylic oxidation sites excluding steroid dienone is 4. The second-order valence-electron chi connectivity index (χ2n) is 16.9. The molecule has 0 nitrogen and oxygen atoms in total. The van der Waals surface area contributed by atoms with Crippen LogP contribution in [0.3, 0.4) is 0 Å². The molecule has 6 aromatic rings. The Labute approximate surface area is 351 Å². The van der Waals surface area contributed by atoms with E-state index >= 15 is 0 Å². The van der Waals surface area contributed by atoms with Crippen LogP contribution in [0.25, 0.3) is 32.7 Å². The molecule has 2 aliphatic carbocycles. The van der Waals surface area contributed by atoms with Gasteiger partial charge in [0, 0.05) is 0 Å². The summed E-state index contributed by atoms with van der Waals surface area (Å²) in [4.78, 5) is 0. The molecule has 0 atom stereocenters. The Morgan fingerprint density at radius 3 is 1.65 bits per heavy atom. The fraction of sp³-hybridized carbons (Fsp3) is 0.245. The average molecular weight is 868 g/mol. The molecule has 0 bridgehead atoms. The van der Waals surface area contributed by atoms with Gasteiger partial charge in [0.05, 0.1) is 0 Å². The molecule has 6 aromatic carbocycles. The third-order valence-corrected chi connectivity index (χ3v) is 19.9. The van der Waals surface area contributed by atoms with Crippen molar-refractivity contribution in [2.24, 2.45) is 0 Å². The first kappa shape index (κ1) is 40.9. The number of rotatable bonds is 4. The molecule has 0 aliphatic heterocycles. The molecule has 0 saturated carbocycles. The van der Waals surface area contributed by atoms with Crippen molar-refractivity contribution in [2.45, 2.75) is 76.3 Å². The molecule has 2 aliphatic rings. The molecule has 0 spiro atoms. The van der Waals surface area contributed by atoms with Gasteiger partial charge in [-0.05, 0) is 0 Å². The molecule has 0 radical (unpaired) electrons. The summed E-state index contributed by atoms with van der Waals surface area (Å²) < 4.78 is 3.40. The monoisotopic (exact) mass is 864 g/mol. The number of benzene rings is 6. The van der Waals surface area contributed by atoms with Gasteiger partial charge in [0.1, 0.15) is 0 Å². The molecular weight excluding hydrogens is 822 g/mol. The van der Waals surface area contributed by atoms with Gasteiger partial charge in [-0.2, -0.15) is 0 Å². The molecule has 8 rings (SSSR count). The zero-order valence-electron chi connectivity index (χ0n) is 32.3. The fourth-order valence-corrected chi connectivity index (χ4v) is 18.4. The molecule has 5 heteroatoms. The van der Waals surface area contributed by atoms with E-state index in [1.807, 2.05) is 0 Å². The second kappa shape index (κ2) is 15.3. The van der Waals surface area contributed by atoms with Crippen molar-refractivity contribution in [3.05, 3.63) is 170 Å². The molecule has 0 unspecified atom stereocenters. The van der Waals surface area contributed by atoms with Crippen molar-refractivity contribution in [3.63, 3.8) is 0 Å². The van der Waals surface area contributed by atoms with E-state index in [1.54, 1.807) is 3.27 Å². The van der Waals surface area contributed by atoms with E-state index in [-0.39, 0.29) is 35.6 Å². The van der Waals surface area contributed by atoms with Gasteiger partial charge >= 0.3 is 330 Å². The smallest absolute Gasteiger partial charge is 1.00 e. The van der Waals surface area contributed by atoms with Gasteiger partial charge in [0.15, 0.2) is 0 Å². The van der Waals surface area contributed by atoms with Crippen molar-refractivity contribution >= 4 is 51.2 Å². The minimum Gasteiger partial charge on any atom is -1.00 e. The maximum absolute atomic E-state index is 7.11. The zero-order valence-corrected chi connectivity index (χ0v) is 37.7. The maximum atomic E-state index is 7.11. The van der Waals surface area contributed by atoms with E-state index in [0.29, 0.717) is 3.63 Å². The molecule has 274 valence electrons. The summed E-state index contributed by atoms with van der Waals surface area (Å²) in [6, 6.07) is 33.8. The Morgan fingerprint density at radius 1 is 0.630 bits per heavy atom. The molecule has 0 heterocycles. The third kappa shape index (κ3) is 7.19. The van der Waals surface area contributed by atoms with Crippen LogP contribution in [0.2, 0.25) is 13.7 Å². The van der Waals surface area contributed by atoms with E-state index in [1.165, 1.54) is 69.6 Å². The van der Waals surface area contributed by atoms with Crippen molar-refractivity contribution < 1.29 is 46.1 Å². The second-order valence-corrected chi connectivity index (χ2v) is 23.9. The van der Waals surface area contributed by atoms with E-state index in [4.69, 9.17) is 23.2 Å². The normalized spacial score (nSPS) is 13.4. The SMILES string of the molecule is Cc1cc2c(cc1C(C)(C)C)-c1cc(C(C)(C)C)c(C)[c]([Zr+2](=[C](c3cc(Cl)cc4ccccc34)c3cc(Cl)cc4ccccc34)[CH]3C=CC=C3)c1C2.[Cl-].[Cl-]. The molecular formula is C49H46Cl4Zr. The number of halogens is 4. The Morgan fingerprint density at radius 2 is 1.13 bits per heavy atom. The van der Waals surface area contributed by atoms with Crippen LogP contribution in [0.4, 0.5) is 0 Å². The van der Waals surface area contributed by atoms with E-state index in [2.05, 4.69) is 171 Å². The van der Waals surface area contributed by atoms with Gasteiger partial charge in [-0.25, -0.2) is 0 Å². The minimum atomic E-state index is -3.13. The van der Waals surface area contributed by atoms with Gasteiger partial charge in [-0.1, -0.05) is 0 Å². The van der Waals surface area contributed by atoms with Crippen molar-refractivity contribution in [2.75, 3.05) is 0 Å². The summed E-state index contributed by atoms with van der Waals surface area (Å²) in [5.74, 6) is 0. The van der Waals surface area contributed by atoms with E-state index < -0.39 is 21.3 Å². The summed E-state index contributed by atoms with van der Waals surface area (Å²) in [7, 11) is 0. The molecule has 0 amide bonds. The van der Waals surface area contributed by atoms with Crippen LogP contribution in [0.15, 0.2) is 115 Å². The van der Waals surface area contributed by atoms with Gasteiger partial charge in [-0.15, -0.1) is 0 Å². The third-order valence-electron chi connectivity index (χ3n) is 11.2. The first-order chi connectivity index (χ1) is 24.7. The summed E-state index contributed by atoms with van der Waals surface area (Å²) in [5, 5.41) is 6.34. The van der Waals surface area contributed by atoms with Crippen molar-refractivity contribution in [1.82, 2.24) is 0 Å². The molecule has 54 heavy (non-hydrogen) atoms. The van der Waals surface area contributed by atoms with Gasteiger partial charge in [0.2, 0.25) is 0 Å². The number of fused-ring (bicyclic) bond motifs is 5. The zero-order chi connectivity index (χ0) is 36.7. The molecule has 0 aromatic heterocycles. The van der Waals surface area contributed by atoms with Crippen LogP contribution in [0, 0.1) is 13.8 Å². The fourth-order valence-electron chi connectivity index (χ4n) is 9.05. The van der Waals surface area contributed by atoms with E-state index in [0.717, 1.165) is 27.2 Å². The maximum Gasteiger partial charge on any atom is -1.00 e. The Hall–Kier alpha value is -2.77. The Balaban J connectivity index is 0.00000249. The van der Waals surface area contributed by atoms with Gasteiger partial charge < -0.3 is 24.8 Å². The quantitative estimate of drug-likeness (QED) is 0.172. The molecule has 0 fully saturated rings. The predicted molar refractivity (Wildman–Crippen MR) is 224 cm³/mol. The van der Waals surface area contributed by atoms with E-state index in [9.17, 15) is 0 Å². The summed E-state index contributed by atoms with van der Waals surface area (Å²) >= 11 is 11.1. The van der Waals surface area contributed by atoms with Crippen LogP contribution in [0.1, 0.15) is 86.1 Å². The largest absolute Gasteiger partial charge is 1.00 e. The summed E-state index contributed by atoms with van der Waals surface area (Å²) in [6.45, 7) is 18.9. The average Bonchev–Trinajstić information content (AvgIpc) is 3.73. The van der Waals surface area contributed by atoms with Crippen molar-refractivity contribution in [3.8, 4) is 11.1 Å². The van der Waals surface area contributed by atoms with Crippen molar-refractivity contribution in [1.29, 1.82) is 0 Å². The molecule has 0 N–H and O–H groups in total. The topological polar surface area (TPSA) is 0 Å². The Bertz CT molecular complexity index is 2460.